The second-order valence-corrected chi connectivity index (χ2v) is 3.39. The molecule has 2 aliphatic carbocycles. The average Bonchev–Trinajstić information content (AvgIpc) is 1.94. The molecule has 0 bridgehead atoms. The third kappa shape index (κ3) is 0.451. The number of fused-ring (bicyclic) bond motifs is 1. The first-order valence-corrected chi connectivity index (χ1v) is 3.72. The van der Waals surface area contributed by atoms with Gasteiger partial charge >= 0.3 is 11.9 Å². The standard InChI is InChI=1S/C8H8O4/c9-5(10)7-1-2-8(7,4-3-7)6(11)12/h1-2H,3-4H2,(H,9,10)(H,11,12). The Hall–Kier alpha value is -1.32. The summed E-state index contributed by atoms with van der Waals surface area (Å²) in [5.41, 5.74) is -2.17. The summed E-state index contributed by atoms with van der Waals surface area (Å²) in [6.45, 7) is 0. The molecular weight excluding hydrogens is 160 g/mol. The number of carbonyl (C=O) groups is 2. The van der Waals surface area contributed by atoms with Crippen molar-refractivity contribution in [2.24, 2.45) is 10.8 Å². The molecule has 0 aromatic carbocycles. The van der Waals surface area contributed by atoms with Crippen LogP contribution in [0.5, 0.6) is 0 Å². The van der Waals surface area contributed by atoms with Gasteiger partial charge in [0.25, 0.3) is 0 Å². The highest BCUT2D eigenvalue weighted by Gasteiger charge is 2.70. The zero-order chi connectivity index (χ0) is 8.98. The Morgan fingerprint density at radius 1 is 1.00 bits per heavy atom. The minimum Gasteiger partial charge on any atom is -0.481 e. The SMILES string of the molecule is O=C(O)C12C=CC1(C(=O)O)CC2. The van der Waals surface area contributed by atoms with Crippen LogP contribution in [0.1, 0.15) is 12.8 Å². The molecular formula is C8H8O4. The van der Waals surface area contributed by atoms with Crippen LogP contribution in [0.15, 0.2) is 12.2 Å². The molecule has 0 heterocycles. The normalized spacial score (nSPS) is 42.3. The summed E-state index contributed by atoms with van der Waals surface area (Å²) in [4.78, 5) is 21.5. The lowest BCUT2D eigenvalue weighted by atomic mass is 9.43. The molecule has 0 radical (unpaired) electrons. The van der Waals surface area contributed by atoms with Crippen molar-refractivity contribution in [3.05, 3.63) is 12.2 Å². The van der Waals surface area contributed by atoms with Gasteiger partial charge in [-0.3, -0.25) is 9.59 Å². The molecule has 2 atom stereocenters. The van der Waals surface area contributed by atoms with Crippen LogP contribution in [0.25, 0.3) is 0 Å². The van der Waals surface area contributed by atoms with Gasteiger partial charge in [0.1, 0.15) is 10.8 Å². The summed E-state index contributed by atoms with van der Waals surface area (Å²) in [6, 6.07) is 0. The van der Waals surface area contributed by atoms with Gasteiger partial charge in [0.05, 0.1) is 0 Å². The topological polar surface area (TPSA) is 74.6 Å². The molecule has 0 aliphatic heterocycles. The maximum atomic E-state index is 10.8. The fraction of sp³-hybridized carbons (Fsp3) is 0.500. The lowest BCUT2D eigenvalue weighted by molar-refractivity contribution is -0.182. The van der Waals surface area contributed by atoms with Gasteiger partial charge in [-0.15, -0.1) is 0 Å². The van der Waals surface area contributed by atoms with Crippen molar-refractivity contribution < 1.29 is 19.8 Å². The first-order valence-electron chi connectivity index (χ1n) is 3.72. The highest BCUT2D eigenvalue weighted by Crippen LogP contribution is 2.65. The van der Waals surface area contributed by atoms with E-state index in [0.717, 1.165) is 0 Å². The third-order valence-corrected chi connectivity index (χ3v) is 3.13. The van der Waals surface area contributed by atoms with E-state index in [1.807, 2.05) is 0 Å². The van der Waals surface area contributed by atoms with Gasteiger partial charge in [-0.25, -0.2) is 0 Å². The molecule has 64 valence electrons. The average molecular weight is 168 g/mol. The number of hydrogen-bond acceptors (Lipinski definition) is 2. The van der Waals surface area contributed by atoms with E-state index in [-0.39, 0.29) is 0 Å². The summed E-state index contributed by atoms with van der Waals surface area (Å²) in [5.74, 6) is -2.03. The summed E-state index contributed by atoms with van der Waals surface area (Å²) < 4.78 is 0. The van der Waals surface area contributed by atoms with Gasteiger partial charge in [-0.1, -0.05) is 12.2 Å². The minimum absolute atomic E-state index is 0.450. The highest BCUT2D eigenvalue weighted by molar-refractivity contribution is 5.95. The number of hydrogen-bond donors (Lipinski definition) is 2. The molecule has 0 spiro atoms. The summed E-state index contributed by atoms with van der Waals surface area (Å²) in [6.07, 6.45) is 3.89. The maximum absolute atomic E-state index is 10.8. The Morgan fingerprint density at radius 3 is 1.42 bits per heavy atom. The third-order valence-electron chi connectivity index (χ3n) is 3.13. The second-order valence-electron chi connectivity index (χ2n) is 3.39. The molecule has 4 nitrogen and oxygen atoms in total. The van der Waals surface area contributed by atoms with E-state index in [4.69, 9.17) is 10.2 Å². The van der Waals surface area contributed by atoms with Crippen molar-refractivity contribution in [2.45, 2.75) is 12.8 Å². The van der Waals surface area contributed by atoms with Crippen molar-refractivity contribution in [3.8, 4) is 0 Å². The molecule has 2 aliphatic rings. The predicted molar refractivity (Wildman–Crippen MR) is 38.5 cm³/mol. The first kappa shape index (κ1) is 7.34. The van der Waals surface area contributed by atoms with Crippen LogP contribution in [0.4, 0.5) is 0 Å². The van der Waals surface area contributed by atoms with Gasteiger partial charge in [0, 0.05) is 0 Å². The fourth-order valence-electron chi connectivity index (χ4n) is 2.05. The highest BCUT2D eigenvalue weighted by atomic mass is 16.4. The lowest BCUT2D eigenvalue weighted by Crippen LogP contribution is -2.63. The maximum Gasteiger partial charge on any atom is 0.315 e. The largest absolute Gasteiger partial charge is 0.481 e. The van der Waals surface area contributed by atoms with Crippen LogP contribution in [-0.2, 0) is 9.59 Å². The molecule has 0 amide bonds. The van der Waals surface area contributed by atoms with Crippen molar-refractivity contribution in [3.63, 3.8) is 0 Å². The fourth-order valence-corrected chi connectivity index (χ4v) is 2.05. The quantitative estimate of drug-likeness (QED) is 0.588. The lowest BCUT2D eigenvalue weighted by Gasteiger charge is -2.56. The molecule has 2 N–H and O–H groups in total. The molecule has 2 unspecified atom stereocenters. The predicted octanol–water partition coefficient (Wildman–Crippen LogP) is 0.492. The van der Waals surface area contributed by atoms with Crippen LogP contribution < -0.4 is 0 Å². The number of carboxylic acids is 2. The minimum atomic E-state index is -1.08. The Morgan fingerprint density at radius 2 is 1.33 bits per heavy atom. The Bertz CT molecular complexity index is 276. The van der Waals surface area contributed by atoms with E-state index in [9.17, 15) is 9.59 Å². The van der Waals surface area contributed by atoms with E-state index in [0.29, 0.717) is 12.8 Å². The summed E-state index contributed by atoms with van der Waals surface area (Å²) >= 11 is 0. The van der Waals surface area contributed by atoms with Crippen LogP contribution in [0.2, 0.25) is 0 Å². The van der Waals surface area contributed by atoms with Crippen molar-refractivity contribution in [2.75, 3.05) is 0 Å². The van der Waals surface area contributed by atoms with Gasteiger partial charge in [-0.2, -0.15) is 0 Å². The van der Waals surface area contributed by atoms with Crippen LogP contribution in [0.3, 0.4) is 0 Å². The zero-order valence-corrected chi connectivity index (χ0v) is 6.28. The number of rotatable bonds is 2. The molecule has 2 rings (SSSR count). The van der Waals surface area contributed by atoms with E-state index >= 15 is 0 Å². The van der Waals surface area contributed by atoms with Crippen LogP contribution in [0, 0.1) is 10.8 Å². The van der Waals surface area contributed by atoms with E-state index in [1.165, 1.54) is 12.2 Å². The summed E-state index contributed by atoms with van der Waals surface area (Å²) in [7, 11) is 0. The van der Waals surface area contributed by atoms with Gasteiger partial charge in [0.2, 0.25) is 0 Å². The van der Waals surface area contributed by atoms with Gasteiger partial charge in [-0.05, 0) is 12.8 Å². The van der Waals surface area contributed by atoms with Gasteiger partial charge in [0.15, 0.2) is 0 Å². The Balaban J connectivity index is 2.41. The van der Waals surface area contributed by atoms with E-state index in [1.54, 1.807) is 0 Å². The Labute approximate surface area is 68.5 Å². The monoisotopic (exact) mass is 168 g/mol. The molecule has 4 heteroatoms. The van der Waals surface area contributed by atoms with Crippen LogP contribution in [-0.4, -0.2) is 22.2 Å². The molecule has 1 fully saturated rings. The number of carboxylic acid groups (broad SMARTS) is 2. The van der Waals surface area contributed by atoms with Crippen molar-refractivity contribution in [1.82, 2.24) is 0 Å². The Kier molecular flexibility index (Phi) is 1.04. The van der Waals surface area contributed by atoms with E-state index < -0.39 is 22.8 Å². The van der Waals surface area contributed by atoms with Crippen LogP contribution >= 0.6 is 0 Å². The molecule has 0 saturated heterocycles. The molecule has 0 aromatic heterocycles. The van der Waals surface area contributed by atoms with Crippen molar-refractivity contribution in [1.29, 1.82) is 0 Å². The summed E-state index contributed by atoms with van der Waals surface area (Å²) in [5, 5.41) is 17.6. The van der Waals surface area contributed by atoms with Gasteiger partial charge < -0.3 is 10.2 Å². The first-order chi connectivity index (χ1) is 5.55. The smallest absolute Gasteiger partial charge is 0.315 e. The van der Waals surface area contributed by atoms with E-state index in [2.05, 4.69) is 0 Å². The molecule has 0 aromatic rings. The zero-order valence-electron chi connectivity index (χ0n) is 6.28. The van der Waals surface area contributed by atoms with Crippen molar-refractivity contribution >= 4 is 11.9 Å². The number of aliphatic carboxylic acids is 2. The second kappa shape index (κ2) is 1.71. The molecule has 1 saturated carbocycles. The molecule has 12 heavy (non-hydrogen) atoms.